The predicted molar refractivity (Wildman–Crippen MR) is 108 cm³/mol. The van der Waals surface area contributed by atoms with E-state index in [-0.39, 0.29) is 0 Å². The number of piperazine rings is 1. The van der Waals surface area contributed by atoms with Crippen molar-refractivity contribution in [1.82, 2.24) is 29.4 Å². The van der Waals surface area contributed by atoms with Crippen molar-refractivity contribution in [3.8, 4) is 0 Å². The minimum atomic E-state index is 0.743. The first-order valence-electron chi connectivity index (χ1n) is 10.7. The van der Waals surface area contributed by atoms with Crippen LogP contribution in [0.4, 0.5) is 5.82 Å². The van der Waals surface area contributed by atoms with Crippen LogP contribution in [0, 0.1) is 6.92 Å². The summed E-state index contributed by atoms with van der Waals surface area (Å²) in [5, 5.41) is 4.84. The molecule has 7 heteroatoms. The van der Waals surface area contributed by atoms with Crippen molar-refractivity contribution >= 4 is 11.6 Å². The van der Waals surface area contributed by atoms with E-state index in [1.54, 1.807) is 0 Å². The molecule has 2 aliphatic heterocycles. The molecule has 0 radical (unpaired) electrons. The molecule has 0 spiro atoms. The maximum absolute atomic E-state index is 4.84. The Kier molecular flexibility index (Phi) is 5.88. The predicted octanol–water partition coefficient (Wildman–Crippen LogP) is 2.34. The summed E-state index contributed by atoms with van der Waals surface area (Å²) in [6.07, 6.45) is 6.42. The normalized spacial score (nSPS) is 19.9. The van der Waals surface area contributed by atoms with E-state index in [4.69, 9.17) is 10.1 Å². The molecule has 2 aliphatic rings. The third-order valence-corrected chi connectivity index (χ3v) is 5.80. The summed E-state index contributed by atoms with van der Waals surface area (Å²) >= 11 is 0. The second-order valence-corrected chi connectivity index (χ2v) is 8.01. The van der Waals surface area contributed by atoms with Gasteiger partial charge in [-0.3, -0.25) is 4.90 Å². The summed E-state index contributed by atoms with van der Waals surface area (Å²) in [5.41, 5.74) is 1.02. The van der Waals surface area contributed by atoms with E-state index in [9.17, 15) is 0 Å². The number of rotatable bonds is 6. The van der Waals surface area contributed by atoms with Crippen molar-refractivity contribution in [2.45, 2.75) is 52.5 Å². The summed E-state index contributed by atoms with van der Waals surface area (Å²) < 4.78 is 1.96. The number of fused-ring (bicyclic) bond motifs is 1. The Balaban J connectivity index is 1.46. The molecule has 0 bridgehead atoms. The van der Waals surface area contributed by atoms with Gasteiger partial charge in [0.2, 0.25) is 0 Å². The lowest BCUT2D eigenvalue weighted by Crippen LogP contribution is -2.46. The Morgan fingerprint density at radius 2 is 1.67 bits per heavy atom. The second kappa shape index (κ2) is 8.52. The molecule has 0 N–H and O–H groups in total. The van der Waals surface area contributed by atoms with Crippen LogP contribution in [0.3, 0.4) is 0 Å². The zero-order valence-corrected chi connectivity index (χ0v) is 16.9. The maximum Gasteiger partial charge on any atom is 0.254 e. The van der Waals surface area contributed by atoms with Crippen molar-refractivity contribution in [3.05, 3.63) is 17.6 Å². The number of piperidine rings is 1. The SMILES string of the molecule is CCCCN1CCN(Cc2nc3nc(C)cc(N4CCCCC4)n3n2)CC1. The van der Waals surface area contributed by atoms with E-state index in [1.807, 2.05) is 4.52 Å². The number of hydrogen-bond donors (Lipinski definition) is 0. The van der Waals surface area contributed by atoms with E-state index >= 15 is 0 Å². The molecule has 0 saturated carbocycles. The zero-order chi connectivity index (χ0) is 18.6. The molecule has 4 rings (SSSR count). The highest BCUT2D eigenvalue weighted by Crippen LogP contribution is 2.21. The lowest BCUT2D eigenvalue weighted by atomic mass is 10.1. The van der Waals surface area contributed by atoms with Gasteiger partial charge in [-0.1, -0.05) is 13.3 Å². The molecule has 0 aromatic carbocycles. The molecule has 0 aliphatic carbocycles. The third-order valence-electron chi connectivity index (χ3n) is 5.80. The van der Waals surface area contributed by atoms with Crippen LogP contribution in [0.25, 0.3) is 5.78 Å². The second-order valence-electron chi connectivity index (χ2n) is 8.01. The molecular weight excluding hydrogens is 338 g/mol. The van der Waals surface area contributed by atoms with Gasteiger partial charge in [-0.05, 0) is 39.2 Å². The fourth-order valence-electron chi connectivity index (χ4n) is 4.18. The number of aromatic nitrogens is 4. The van der Waals surface area contributed by atoms with Gasteiger partial charge in [-0.15, -0.1) is 5.10 Å². The molecule has 2 aromatic heterocycles. The van der Waals surface area contributed by atoms with Crippen LogP contribution in [-0.4, -0.2) is 75.2 Å². The Morgan fingerprint density at radius 3 is 2.41 bits per heavy atom. The van der Waals surface area contributed by atoms with Gasteiger partial charge in [0.25, 0.3) is 5.78 Å². The highest BCUT2D eigenvalue weighted by molar-refractivity contribution is 5.47. The molecular formula is C20H33N7. The van der Waals surface area contributed by atoms with Crippen molar-refractivity contribution in [3.63, 3.8) is 0 Å². The van der Waals surface area contributed by atoms with Gasteiger partial charge >= 0.3 is 0 Å². The fourth-order valence-corrected chi connectivity index (χ4v) is 4.18. The molecule has 7 nitrogen and oxygen atoms in total. The first-order chi connectivity index (χ1) is 13.2. The molecule has 0 amide bonds. The number of anilines is 1. The molecule has 0 atom stereocenters. The summed E-state index contributed by atoms with van der Waals surface area (Å²) in [7, 11) is 0. The minimum Gasteiger partial charge on any atom is -0.356 e. The first-order valence-corrected chi connectivity index (χ1v) is 10.7. The zero-order valence-electron chi connectivity index (χ0n) is 16.9. The number of nitrogens with zero attached hydrogens (tertiary/aromatic N) is 7. The average molecular weight is 372 g/mol. The quantitative estimate of drug-likeness (QED) is 0.777. The maximum atomic E-state index is 4.84. The molecule has 2 fully saturated rings. The standard InChI is InChI=1S/C20H33N7/c1-3-4-8-24-11-13-25(14-12-24)16-18-22-20-21-17(2)15-19(27(20)23-18)26-9-6-5-7-10-26/h15H,3-14,16H2,1-2H3. The molecule has 2 aromatic rings. The summed E-state index contributed by atoms with van der Waals surface area (Å²) in [6, 6.07) is 2.16. The minimum absolute atomic E-state index is 0.743. The fraction of sp³-hybridized carbons (Fsp3) is 0.750. The van der Waals surface area contributed by atoms with E-state index in [1.165, 1.54) is 38.6 Å². The number of unbranched alkanes of at least 4 members (excludes halogenated alkanes) is 1. The Hall–Kier alpha value is -1.73. The van der Waals surface area contributed by atoms with Crippen LogP contribution in [0.2, 0.25) is 0 Å². The lowest BCUT2D eigenvalue weighted by Gasteiger charge is -2.34. The average Bonchev–Trinajstić information content (AvgIpc) is 3.09. The van der Waals surface area contributed by atoms with Crippen LogP contribution >= 0.6 is 0 Å². The van der Waals surface area contributed by atoms with Gasteiger partial charge in [0, 0.05) is 51.0 Å². The van der Waals surface area contributed by atoms with Crippen LogP contribution in [0.1, 0.15) is 50.5 Å². The Bertz CT molecular complexity index is 742. The first kappa shape index (κ1) is 18.6. The van der Waals surface area contributed by atoms with Crippen LogP contribution in [0.15, 0.2) is 6.07 Å². The van der Waals surface area contributed by atoms with Crippen molar-refractivity contribution in [1.29, 1.82) is 0 Å². The van der Waals surface area contributed by atoms with Gasteiger partial charge < -0.3 is 9.80 Å². The smallest absolute Gasteiger partial charge is 0.254 e. The van der Waals surface area contributed by atoms with Gasteiger partial charge in [-0.2, -0.15) is 9.50 Å². The van der Waals surface area contributed by atoms with Crippen LogP contribution in [-0.2, 0) is 6.54 Å². The number of hydrogen-bond acceptors (Lipinski definition) is 6. The van der Waals surface area contributed by atoms with Gasteiger partial charge in [0.05, 0.1) is 6.54 Å². The van der Waals surface area contributed by atoms with Crippen molar-refractivity contribution in [2.24, 2.45) is 0 Å². The van der Waals surface area contributed by atoms with E-state index < -0.39 is 0 Å². The lowest BCUT2D eigenvalue weighted by molar-refractivity contribution is 0.124. The van der Waals surface area contributed by atoms with Crippen molar-refractivity contribution < 1.29 is 0 Å². The molecule has 148 valence electrons. The Labute approximate surface area is 162 Å². The largest absolute Gasteiger partial charge is 0.356 e. The summed E-state index contributed by atoms with van der Waals surface area (Å²) in [6.45, 7) is 13.1. The number of aryl methyl sites for hydroxylation is 1. The topological polar surface area (TPSA) is 52.8 Å². The highest BCUT2D eigenvalue weighted by Gasteiger charge is 2.20. The molecule has 4 heterocycles. The van der Waals surface area contributed by atoms with Crippen LogP contribution in [0.5, 0.6) is 0 Å². The Morgan fingerprint density at radius 1 is 0.926 bits per heavy atom. The van der Waals surface area contributed by atoms with Gasteiger partial charge in [-0.25, -0.2) is 4.98 Å². The molecule has 27 heavy (non-hydrogen) atoms. The van der Waals surface area contributed by atoms with Crippen LogP contribution < -0.4 is 4.90 Å². The van der Waals surface area contributed by atoms with E-state index in [0.717, 1.165) is 68.9 Å². The summed E-state index contributed by atoms with van der Waals surface area (Å²) in [5.74, 6) is 2.79. The monoisotopic (exact) mass is 371 g/mol. The summed E-state index contributed by atoms with van der Waals surface area (Å²) in [4.78, 5) is 16.9. The highest BCUT2D eigenvalue weighted by atomic mass is 15.4. The van der Waals surface area contributed by atoms with Gasteiger partial charge in [0.15, 0.2) is 5.82 Å². The van der Waals surface area contributed by atoms with E-state index in [0.29, 0.717) is 0 Å². The molecule has 0 unspecified atom stereocenters. The molecule has 2 saturated heterocycles. The van der Waals surface area contributed by atoms with Crippen molar-refractivity contribution in [2.75, 3.05) is 50.7 Å². The van der Waals surface area contributed by atoms with Gasteiger partial charge in [0.1, 0.15) is 5.82 Å². The van der Waals surface area contributed by atoms with E-state index in [2.05, 4.69) is 39.6 Å². The third kappa shape index (κ3) is 4.41.